The number of aromatic nitrogens is 5. The Balaban J connectivity index is 1.87. The van der Waals surface area contributed by atoms with E-state index >= 15 is 0 Å². The summed E-state index contributed by atoms with van der Waals surface area (Å²) < 4.78 is 1.56. The SMILES string of the molecule is CC(Sc1nnnn1C)C(=O)c1c[nH]c2ccccc12. The van der Waals surface area contributed by atoms with E-state index in [0.29, 0.717) is 10.7 Å². The van der Waals surface area contributed by atoms with Crippen LogP contribution in [0.25, 0.3) is 10.9 Å². The minimum atomic E-state index is -0.251. The maximum absolute atomic E-state index is 12.5. The van der Waals surface area contributed by atoms with Crippen LogP contribution in [0.4, 0.5) is 0 Å². The fourth-order valence-corrected chi connectivity index (χ4v) is 2.85. The predicted molar refractivity (Wildman–Crippen MR) is 76.7 cm³/mol. The van der Waals surface area contributed by atoms with E-state index in [1.54, 1.807) is 17.9 Å². The second-order valence-electron chi connectivity index (χ2n) is 4.46. The number of aromatic amines is 1. The summed E-state index contributed by atoms with van der Waals surface area (Å²) in [6, 6.07) is 7.77. The number of hydrogen-bond donors (Lipinski definition) is 1. The van der Waals surface area contributed by atoms with E-state index in [4.69, 9.17) is 0 Å². The zero-order valence-electron chi connectivity index (χ0n) is 11.1. The molecule has 1 aromatic carbocycles. The van der Waals surface area contributed by atoms with E-state index in [1.165, 1.54) is 11.8 Å². The first-order valence-corrected chi connectivity index (χ1v) is 7.04. The number of H-pyrrole nitrogens is 1. The summed E-state index contributed by atoms with van der Waals surface area (Å²) in [5, 5.41) is 12.5. The highest BCUT2D eigenvalue weighted by molar-refractivity contribution is 8.00. The number of carbonyl (C=O) groups is 1. The molecule has 0 spiro atoms. The molecule has 1 N–H and O–H groups in total. The van der Waals surface area contributed by atoms with Gasteiger partial charge in [-0.2, -0.15) is 0 Å². The van der Waals surface area contributed by atoms with Crippen LogP contribution in [0.5, 0.6) is 0 Å². The third kappa shape index (κ3) is 2.20. The lowest BCUT2D eigenvalue weighted by atomic mass is 10.1. The lowest BCUT2D eigenvalue weighted by molar-refractivity contribution is 0.0995. The molecule has 0 bridgehead atoms. The van der Waals surface area contributed by atoms with Crippen LogP contribution in [0.15, 0.2) is 35.6 Å². The number of benzene rings is 1. The fourth-order valence-electron chi connectivity index (χ4n) is 2.03. The van der Waals surface area contributed by atoms with Crippen molar-refractivity contribution in [1.82, 2.24) is 25.2 Å². The number of nitrogens with one attached hydrogen (secondary N) is 1. The first-order valence-electron chi connectivity index (χ1n) is 6.16. The maximum atomic E-state index is 12.5. The molecule has 20 heavy (non-hydrogen) atoms. The van der Waals surface area contributed by atoms with Crippen LogP contribution in [-0.4, -0.2) is 36.2 Å². The highest BCUT2D eigenvalue weighted by atomic mass is 32.2. The van der Waals surface area contributed by atoms with Gasteiger partial charge in [-0.3, -0.25) is 4.79 Å². The summed E-state index contributed by atoms with van der Waals surface area (Å²) in [4.78, 5) is 15.7. The number of Topliss-reactive ketones (excluding diaryl/α,β-unsaturated/α-hetero) is 1. The van der Waals surface area contributed by atoms with Crippen molar-refractivity contribution in [3.05, 3.63) is 36.0 Å². The summed E-state index contributed by atoms with van der Waals surface area (Å²) in [5.41, 5.74) is 1.67. The Hall–Kier alpha value is -2.15. The van der Waals surface area contributed by atoms with Crippen LogP contribution in [0.2, 0.25) is 0 Å². The van der Waals surface area contributed by atoms with Gasteiger partial charge in [0.05, 0.1) is 5.25 Å². The number of carbonyl (C=O) groups excluding carboxylic acids is 1. The van der Waals surface area contributed by atoms with Crippen molar-refractivity contribution in [2.24, 2.45) is 7.05 Å². The molecule has 0 saturated heterocycles. The van der Waals surface area contributed by atoms with Gasteiger partial charge in [-0.15, -0.1) is 5.10 Å². The van der Waals surface area contributed by atoms with Crippen molar-refractivity contribution in [2.75, 3.05) is 0 Å². The summed E-state index contributed by atoms with van der Waals surface area (Å²) in [6.45, 7) is 1.86. The highest BCUT2D eigenvalue weighted by Crippen LogP contribution is 2.26. The van der Waals surface area contributed by atoms with E-state index in [9.17, 15) is 4.79 Å². The molecular formula is C13H13N5OS. The van der Waals surface area contributed by atoms with Crippen molar-refractivity contribution in [3.63, 3.8) is 0 Å². The molecule has 3 rings (SSSR count). The van der Waals surface area contributed by atoms with Crippen molar-refractivity contribution in [2.45, 2.75) is 17.3 Å². The molecule has 102 valence electrons. The molecule has 0 aliphatic rings. The van der Waals surface area contributed by atoms with Crippen molar-refractivity contribution < 1.29 is 4.79 Å². The van der Waals surface area contributed by atoms with Crippen molar-refractivity contribution >= 4 is 28.4 Å². The molecule has 0 amide bonds. The van der Waals surface area contributed by atoms with Crippen LogP contribution < -0.4 is 0 Å². The number of rotatable bonds is 4. The van der Waals surface area contributed by atoms with Gasteiger partial charge in [-0.05, 0) is 23.4 Å². The lowest BCUT2D eigenvalue weighted by Crippen LogP contribution is -2.14. The number of ketones is 1. The number of thioether (sulfide) groups is 1. The Labute approximate surface area is 119 Å². The van der Waals surface area contributed by atoms with Gasteiger partial charge < -0.3 is 4.98 Å². The van der Waals surface area contributed by atoms with E-state index in [1.807, 2.05) is 31.2 Å². The van der Waals surface area contributed by atoms with Gasteiger partial charge in [0.2, 0.25) is 5.16 Å². The van der Waals surface area contributed by atoms with Gasteiger partial charge in [0, 0.05) is 29.7 Å². The molecule has 1 unspecified atom stereocenters. The second kappa shape index (κ2) is 5.09. The standard InChI is InChI=1S/C13H13N5OS/c1-8(20-13-15-16-17-18(13)2)12(19)10-7-14-11-6-4-3-5-9(10)11/h3-8,14H,1-2H3. The summed E-state index contributed by atoms with van der Waals surface area (Å²) in [6.07, 6.45) is 1.76. The molecule has 7 heteroatoms. The predicted octanol–water partition coefficient (Wildman–Crippen LogP) is 2.05. The van der Waals surface area contributed by atoms with Gasteiger partial charge in [0.1, 0.15) is 0 Å². The average Bonchev–Trinajstić information content (AvgIpc) is 3.05. The molecule has 1 atom stereocenters. The Morgan fingerprint density at radius 2 is 2.20 bits per heavy atom. The first kappa shape index (κ1) is 12.9. The summed E-state index contributed by atoms with van der Waals surface area (Å²) >= 11 is 1.36. The van der Waals surface area contributed by atoms with E-state index in [-0.39, 0.29) is 11.0 Å². The second-order valence-corrected chi connectivity index (χ2v) is 5.77. The number of nitrogens with zero attached hydrogens (tertiary/aromatic N) is 4. The van der Waals surface area contributed by atoms with Gasteiger partial charge >= 0.3 is 0 Å². The average molecular weight is 287 g/mol. The van der Waals surface area contributed by atoms with Crippen LogP contribution >= 0.6 is 11.8 Å². The third-order valence-corrected chi connectivity index (χ3v) is 4.21. The molecule has 3 aromatic rings. The molecule has 6 nitrogen and oxygen atoms in total. The molecular weight excluding hydrogens is 274 g/mol. The quantitative estimate of drug-likeness (QED) is 0.587. The van der Waals surface area contributed by atoms with Crippen LogP contribution in [0.1, 0.15) is 17.3 Å². The zero-order chi connectivity index (χ0) is 14.1. The van der Waals surface area contributed by atoms with Crippen LogP contribution in [0, 0.1) is 0 Å². The molecule has 0 aliphatic heterocycles. The summed E-state index contributed by atoms with van der Waals surface area (Å²) in [5.74, 6) is 0.0652. The molecule has 2 heterocycles. The number of aryl methyl sites for hydroxylation is 1. The van der Waals surface area contributed by atoms with Crippen LogP contribution in [-0.2, 0) is 7.05 Å². The number of fused-ring (bicyclic) bond motifs is 1. The minimum absolute atomic E-state index is 0.0652. The topological polar surface area (TPSA) is 76.5 Å². The fraction of sp³-hybridized carbons (Fsp3) is 0.231. The van der Waals surface area contributed by atoms with E-state index in [2.05, 4.69) is 20.5 Å². The Bertz CT molecular complexity index is 763. The number of para-hydroxylation sites is 1. The normalized spacial score (nSPS) is 12.7. The summed E-state index contributed by atoms with van der Waals surface area (Å²) in [7, 11) is 1.76. The molecule has 0 fully saturated rings. The minimum Gasteiger partial charge on any atom is -0.360 e. The molecule has 0 saturated carbocycles. The van der Waals surface area contributed by atoms with Gasteiger partial charge in [0.15, 0.2) is 5.78 Å². The smallest absolute Gasteiger partial charge is 0.209 e. The number of tetrazole rings is 1. The van der Waals surface area contributed by atoms with E-state index < -0.39 is 0 Å². The van der Waals surface area contributed by atoms with Crippen LogP contribution in [0.3, 0.4) is 0 Å². The first-order chi connectivity index (χ1) is 9.66. The molecule has 0 aliphatic carbocycles. The van der Waals surface area contributed by atoms with Gasteiger partial charge in [-0.25, -0.2) is 4.68 Å². The third-order valence-electron chi connectivity index (χ3n) is 3.09. The Morgan fingerprint density at radius 3 is 2.95 bits per heavy atom. The van der Waals surface area contributed by atoms with Crippen molar-refractivity contribution in [3.8, 4) is 0 Å². The number of hydrogen-bond acceptors (Lipinski definition) is 5. The Morgan fingerprint density at radius 1 is 1.40 bits per heavy atom. The Kier molecular flexibility index (Phi) is 3.27. The molecule has 0 radical (unpaired) electrons. The maximum Gasteiger partial charge on any atom is 0.209 e. The largest absolute Gasteiger partial charge is 0.360 e. The highest BCUT2D eigenvalue weighted by Gasteiger charge is 2.21. The van der Waals surface area contributed by atoms with Gasteiger partial charge in [0.25, 0.3) is 0 Å². The van der Waals surface area contributed by atoms with E-state index in [0.717, 1.165) is 10.9 Å². The monoisotopic (exact) mass is 287 g/mol. The van der Waals surface area contributed by atoms with Gasteiger partial charge in [-0.1, -0.05) is 30.0 Å². The lowest BCUT2D eigenvalue weighted by Gasteiger charge is -2.07. The zero-order valence-corrected chi connectivity index (χ0v) is 11.9. The molecule has 2 aromatic heterocycles. The van der Waals surface area contributed by atoms with Crippen molar-refractivity contribution in [1.29, 1.82) is 0 Å².